The summed E-state index contributed by atoms with van der Waals surface area (Å²) in [5.41, 5.74) is -0.377. The highest BCUT2D eigenvalue weighted by molar-refractivity contribution is 7.87. The fraction of sp³-hybridized carbons (Fsp3) is 0.800. The Morgan fingerprint density at radius 1 is 1.56 bits per heavy atom. The van der Waals surface area contributed by atoms with E-state index in [1.54, 1.807) is 6.92 Å². The van der Waals surface area contributed by atoms with Crippen molar-refractivity contribution in [1.82, 2.24) is 9.03 Å². The highest BCUT2D eigenvalue weighted by Crippen LogP contribution is 2.44. The van der Waals surface area contributed by atoms with Gasteiger partial charge in [-0.15, -0.1) is 0 Å². The van der Waals surface area contributed by atoms with Crippen LogP contribution >= 0.6 is 0 Å². The largest absolute Gasteiger partial charge is 0.378 e. The van der Waals surface area contributed by atoms with Crippen LogP contribution in [-0.4, -0.2) is 44.0 Å². The summed E-state index contributed by atoms with van der Waals surface area (Å²) in [5, 5.41) is 3.84. The van der Waals surface area contributed by atoms with Crippen LogP contribution < -0.4 is 4.72 Å². The second-order valence-corrected chi connectivity index (χ2v) is 6.76. The average Bonchev–Trinajstić information content (AvgIpc) is 2.80. The van der Waals surface area contributed by atoms with Crippen molar-refractivity contribution in [2.24, 2.45) is 11.1 Å². The quantitative estimate of drug-likeness (QED) is 0.776. The van der Waals surface area contributed by atoms with Crippen LogP contribution in [0.25, 0.3) is 0 Å². The van der Waals surface area contributed by atoms with Crippen LogP contribution in [-0.2, 0) is 19.8 Å². The number of carbonyl (C=O) groups is 1. The smallest absolute Gasteiger partial charge is 0.303 e. The van der Waals surface area contributed by atoms with Gasteiger partial charge in [0.05, 0.1) is 11.6 Å². The molecule has 18 heavy (non-hydrogen) atoms. The fourth-order valence-electron chi connectivity index (χ4n) is 2.46. The van der Waals surface area contributed by atoms with Gasteiger partial charge in [0, 0.05) is 14.1 Å². The zero-order valence-corrected chi connectivity index (χ0v) is 11.5. The van der Waals surface area contributed by atoms with Crippen LogP contribution in [0, 0.1) is 5.92 Å². The summed E-state index contributed by atoms with van der Waals surface area (Å²) in [6.45, 7) is 1.80. The molecule has 102 valence electrons. The Bertz CT molecular complexity index is 499. The first kappa shape index (κ1) is 13.3. The lowest BCUT2D eigenvalue weighted by atomic mass is 9.88. The van der Waals surface area contributed by atoms with Gasteiger partial charge < -0.3 is 4.84 Å². The van der Waals surface area contributed by atoms with Gasteiger partial charge in [-0.2, -0.15) is 12.7 Å². The molecule has 7 nitrogen and oxygen atoms in total. The zero-order chi connectivity index (χ0) is 13.6. The lowest BCUT2D eigenvalue weighted by Gasteiger charge is -2.26. The first-order valence-corrected chi connectivity index (χ1v) is 7.21. The number of nitrogens with one attached hydrogen (secondary N) is 1. The molecular formula is C10H17N3O4S. The maximum absolute atomic E-state index is 12.2. The van der Waals surface area contributed by atoms with Gasteiger partial charge in [-0.1, -0.05) is 5.16 Å². The molecule has 1 fully saturated rings. The van der Waals surface area contributed by atoms with Gasteiger partial charge in [0.25, 0.3) is 5.91 Å². The van der Waals surface area contributed by atoms with Crippen LogP contribution in [0.5, 0.6) is 0 Å². The van der Waals surface area contributed by atoms with E-state index in [4.69, 9.17) is 4.84 Å². The minimum absolute atomic E-state index is 0.116. The molecule has 1 saturated carbocycles. The SMILES string of the molecule is CC1=NOC2(C(=O)NS(=O)(=O)N(C)C)CCCC12. The van der Waals surface area contributed by atoms with Gasteiger partial charge in [0.2, 0.25) is 5.60 Å². The molecule has 0 saturated heterocycles. The van der Waals surface area contributed by atoms with Crippen molar-refractivity contribution in [2.75, 3.05) is 14.1 Å². The molecule has 1 aliphatic carbocycles. The third kappa shape index (κ3) is 1.89. The van der Waals surface area contributed by atoms with Crippen LogP contribution in [0.3, 0.4) is 0 Å². The van der Waals surface area contributed by atoms with Crippen molar-refractivity contribution < 1.29 is 18.0 Å². The van der Waals surface area contributed by atoms with Crippen molar-refractivity contribution >= 4 is 21.8 Å². The topological polar surface area (TPSA) is 88.1 Å². The van der Waals surface area contributed by atoms with Crippen molar-refractivity contribution in [3.05, 3.63) is 0 Å². The summed E-state index contributed by atoms with van der Waals surface area (Å²) in [7, 11) is -1.08. The van der Waals surface area contributed by atoms with Crippen molar-refractivity contribution in [3.8, 4) is 0 Å². The Labute approximate surface area is 106 Å². The summed E-state index contributed by atoms with van der Waals surface area (Å²) < 4.78 is 26.3. The predicted octanol–water partition coefficient (Wildman–Crippen LogP) is -0.146. The minimum atomic E-state index is -3.79. The number of hydrogen-bond donors (Lipinski definition) is 1. The standard InChI is InChI=1S/C10H17N3O4S/c1-7-8-5-4-6-10(8,17-11-7)9(14)12-18(15,16)13(2)3/h8H,4-6H2,1-3H3,(H,12,14). The Hall–Kier alpha value is -1.15. The van der Waals surface area contributed by atoms with Gasteiger partial charge >= 0.3 is 10.2 Å². The van der Waals surface area contributed by atoms with Crippen molar-refractivity contribution in [1.29, 1.82) is 0 Å². The van der Waals surface area contributed by atoms with E-state index in [-0.39, 0.29) is 5.92 Å². The van der Waals surface area contributed by atoms with E-state index in [0.29, 0.717) is 6.42 Å². The monoisotopic (exact) mass is 275 g/mol. The van der Waals surface area contributed by atoms with Crippen molar-refractivity contribution in [3.63, 3.8) is 0 Å². The number of hydrogen-bond acceptors (Lipinski definition) is 5. The average molecular weight is 275 g/mol. The normalized spacial score (nSPS) is 30.9. The Kier molecular flexibility index (Phi) is 3.10. The summed E-state index contributed by atoms with van der Waals surface area (Å²) in [4.78, 5) is 17.5. The summed E-state index contributed by atoms with van der Waals surface area (Å²) in [6.07, 6.45) is 2.12. The van der Waals surface area contributed by atoms with E-state index >= 15 is 0 Å². The maximum atomic E-state index is 12.2. The molecule has 0 aromatic heterocycles. The molecule has 1 N–H and O–H groups in total. The molecule has 2 atom stereocenters. The third-order valence-corrected chi connectivity index (χ3v) is 4.95. The number of carbonyl (C=O) groups excluding carboxylic acids is 1. The molecule has 0 aromatic carbocycles. The number of oxime groups is 1. The van der Waals surface area contributed by atoms with E-state index < -0.39 is 21.7 Å². The molecule has 2 rings (SSSR count). The van der Waals surface area contributed by atoms with Crippen molar-refractivity contribution in [2.45, 2.75) is 31.8 Å². The van der Waals surface area contributed by atoms with E-state index in [1.807, 2.05) is 4.72 Å². The molecule has 0 bridgehead atoms. The Balaban J connectivity index is 2.20. The maximum Gasteiger partial charge on any atom is 0.303 e. The first-order chi connectivity index (χ1) is 8.29. The van der Waals surface area contributed by atoms with Gasteiger partial charge in [0.15, 0.2) is 0 Å². The molecule has 1 heterocycles. The van der Waals surface area contributed by atoms with Gasteiger partial charge in [-0.05, 0) is 26.2 Å². The second-order valence-electron chi connectivity index (χ2n) is 4.88. The molecular weight excluding hydrogens is 258 g/mol. The summed E-state index contributed by atoms with van der Waals surface area (Å²) in [5.74, 6) is -0.742. The molecule has 8 heteroatoms. The first-order valence-electron chi connectivity index (χ1n) is 5.77. The number of fused-ring (bicyclic) bond motifs is 1. The van der Waals surface area contributed by atoms with Gasteiger partial charge in [-0.25, -0.2) is 4.72 Å². The molecule has 0 radical (unpaired) electrons. The van der Waals surface area contributed by atoms with Crippen LogP contribution in [0.2, 0.25) is 0 Å². The highest BCUT2D eigenvalue weighted by atomic mass is 32.2. The number of rotatable bonds is 3. The fourth-order valence-corrected chi connectivity index (χ4v) is 3.05. The molecule has 0 aromatic rings. The van der Waals surface area contributed by atoms with E-state index in [9.17, 15) is 13.2 Å². The molecule has 1 amide bonds. The minimum Gasteiger partial charge on any atom is -0.378 e. The number of nitrogens with zero attached hydrogens (tertiary/aromatic N) is 2. The Morgan fingerprint density at radius 2 is 2.22 bits per heavy atom. The second kappa shape index (κ2) is 4.20. The van der Waals surface area contributed by atoms with Crippen LogP contribution in [0.4, 0.5) is 0 Å². The highest BCUT2D eigenvalue weighted by Gasteiger charge is 2.57. The summed E-state index contributed by atoms with van der Waals surface area (Å²) in [6, 6.07) is 0. The molecule has 1 aliphatic heterocycles. The Morgan fingerprint density at radius 3 is 2.83 bits per heavy atom. The molecule has 2 unspecified atom stereocenters. The lowest BCUT2D eigenvalue weighted by Crippen LogP contribution is -2.53. The third-order valence-electron chi connectivity index (χ3n) is 3.55. The predicted molar refractivity (Wildman–Crippen MR) is 65.0 cm³/mol. The van der Waals surface area contributed by atoms with Gasteiger partial charge in [0.1, 0.15) is 0 Å². The van der Waals surface area contributed by atoms with Crippen LogP contribution in [0.15, 0.2) is 5.16 Å². The molecule has 2 aliphatic rings. The van der Waals surface area contributed by atoms with E-state index in [1.165, 1.54) is 14.1 Å². The number of amides is 1. The molecule has 0 spiro atoms. The lowest BCUT2D eigenvalue weighted by molar-refractivity contribution is -0.144. The zero-order valence-electron chi connectivity index (χ0n) is 10.6. The van der Waals surface area contributed by atoms with E-state index in [0.717, 1.165) is 22.9 Å². The summed E-state index contributed by atoms with van der Waals surface area (Å²) >= 11 is 0. The van der Waals surface area contributed by atoms with E-state index in [2.05, 4.69) is 5.16 Å². The van der Waals surface area contributed by atoms with Crippen LogP contribution in [0.1, 0.15) is 26.2 Å². The van der Waals surface area contributed by atoms with Gasteiger partial charge in [-0.3, -0.25) is 4.79 Å².